The summed E-state index contributed by atoms with van der Waals surface area (Å²) in [4.78, 5) is 12.3. The summed E-state index contributed by atoms with van der Waals surface area (Å²) in [5.41, 5.74) is 3.75. The Morgan fingerprint density at radius 2 is 1.42 bits per heavy atom. The molecule has 0 heterocycles. The predicted molar refractivity (Wildman–Crippen MR) is 106 cm³/mol. The van der Waals surface area contributed by atoms with Crippen LogP contribution in [0.2, 0.25) is 0 Å². The quantitative estimate of drug-likeness (QED) is 0.316. The molecular weight excluding hydrogens is 344 g/mol. The first-order valence-corrected chi connectivity index (χ1v) is 9.07. The molecule has 0 aliphatic rings. The van der Waals surface area contributed by atoms with E-state index < -0.39 is 0 Å². The third-order valence-corrected chi connectivity index (χ3v) is 4.93. The Balaban J connectivity index is 1.74. The smallest absolute Gasteiger partial charge is 0.343 e. The molecule has 0 aromatic heterocycles. The molecule has 0 amide bonds. The van der Waals surface area contributed by atoms with E-state index in [1.807, 2.05) is 54.6 Å². The molecule has 3 aromatic carbocycles. The number of benzene rings is 3. The van der Waals surface area contributed by atoms with Crippen LogP contribution in [0.15, 0.2) is 78.9 Å². The topological polar surface area (TPSA) is 26.3 Å². The van der Waals surface area contributed by atoms with Gasteiger partial charge in [-0.15, -0.1) is 11.6 Å². The Labute approximate surface area is 159 Å². The second-order valence-corrected chi connectivity index (χ2v) is 7.00. The van der Waals surface area contributed by atoms with Crippen LogP contribution in [0.1, 0.15) is 40.9 Å². The first-order valence-electron chi connectivity index (χ1n) is 8.54. The number of halogens is 1. The largest absolute Gasteiger partial charge is 0.423 e. The monoisotopic (exact) mass is 364 g/mol. The highest BCUT2D eigenvalue weighted by atomic mass is 35.5. The predicted octanol–water partition coefficient (Wildman–Crippen LogP) is 5.97. The second kappa shape index (κ2) is 7.76. The molecular formula is C23H21ClO2. The summed E-state index contributed by atoms with van der Waals surface area (Å²) >= 11 is 5.77. The van der Waals surface area contributed by atoms with Crippen molar-refractivity contribution in [2.24, 2.45) is 0 Å². The van der Waals surface area contributed by atoms with Gasteiger partial charge in [0.2, 0.25) is 0 Å². The fraction of sp³-hybridized carbons (Fsp3) is 0.174. The lowest BCUT2D eigenvalue weighted by molar-refractivity contribution is 0.0734. The summed E-state index contributed by atoms with van der Waals surface area (Å²) in [5.74, 6) is 0.582. The summed E-state index contributed by atoms with van der Waals surface area (Å²) < 4.78 is 5.48. The Hall–Kier alpha value is -2.58. The van der Waals surface area contributed by atoms with Crippen LogP contribution < -0.4 is 4.74 Å². The minimum atomic E-state index is -0.374. The third kappa shape index (κ3) is 3.97. The summed E-state index contributed by atoms with van der Waals surface area (Å²) in [6, 6.07) is 25.2. The number of carbonyl (C=O) groups is 1. The highest BCUT2D eigenvalue weighted by Gasteiger charge is 2.22. The summed E-state index contributed by atoms with van der Waals surface area (Å²) in [6.45, 7) is 4.36. The van der Waals surface area contributed by atoms with E-state index in [1.165, 1.54) is 5.56 Å². The van der Waals surface area contributed by atoms with E-state index in [2.05, 4.69) is 26.0 Å². The van der Waals surface area contributed by atoms with Crippen molar-refractivity contribution in [3.8, 4) is 5.75 Å². The van der Waals surface area contributed by atoms with Gasteiger partial charge >= 0.3 is 5.97 Å². The maximum atomic E-state index is 12.3. The van der Waals surface area contributed by atoms with E-state index in [4.69, 9.17) is 16.3 Å². The minimum absolute atomic E-state index is 0.124. The Morgan fingerprint density at radius 3 is 2.00 bits per heavy atom. The second-order valence-electron chi connectivity index (χ2n) is 6.74. The van der Waals surface area contributed by atoms with Gasteiger partial charge in [0, 0.05) is 11.3 Å². The molecule has 0 aliphatic carbocycles. The molecule has 0 atom stereocenters. The lowest BCUT2D eigenvalue weighted by Crippen LogP contribution is -2.18. The molecule has 26 heavy (non-hydrogen) atoms. The van der Waals surface area contributed by atoms with Crippen LogP contribution in [-0.4, -0.2) is 5.97 Å². The van der Waals surface area contributed by atoms with Gasteiger partial charge in [0.1, 0.15) is 5.75 Å². The van der Waals surface area contributed by atoms with Crippen molar-refractivity contribution in [1.29, 1.82) is 0 Å². The van der Waals surface area contributed by atoms with Crippen LogP contribution in [-0.2, 0) is 11.3 Å². The molecule has 2 nitrogen and oxygen atoms in total. The van der Waals surface area contributed by atoms with Crippen molar-refractivity contribution in [2.75, 3.05) is 0 Å². The Morgan fingerprint density at radius 1 is 0.846 bits per heavy atom. The SMILES string of the molecule is CC(C)(c1ccccc1)c1ccc(OC(=O)c2ccc(CCl)cc2)cc1. The molecule has 3 heteroatoms. The molecule has 3 aromatic rings. The molecule has 0 bridgehead atoms. The summed E-state index contributed by atoms with van der Waals surface area (Å²) in [7, 11) is 0. The van der Waals surface area contributed by atoms with Gasteiger partial charge in [0.05, 0.1) is 5.56 Å². The third-order valence-electron chi connectivity index (χ3n) is 4.63. The maximum Gasteiger partial charge on any atom is 0.343 e. The van der Waals surface area contributed by atoms with E-state index in [0.29, 0.717) is 17.2 Å². The number of hydrogen-bond donors (Lipinski definition) is 0. The van der Waals surface area contributed by atoms with Gasteiger partial charge < -0.3 is 4.74 Å². The van der Waals surface area contributed by atoms with Gasteiger partial charge in [0.25, 0.3) is 0 Å². The lowest BCUT2D eigenvalue weighted by atomic mass is 9.78. The van der Waals surface area contributed by atoms with Gasteiger partial charge in [-0.05, 0) is 41.0 Å². The van der Waals surface area contributed by atoms with Crippen molar-refractivity contribution in [3.05, 3.63) is 101 Å². The van der Waals surface area contributed by atoms with Gasteiger partial charge in [-0.2, -0.15) is 0 Å². The number of esters is 1. The zero-order valence-electron chi connectivity index (χ0n) is 14.9. The highest BCUT2D eigenvalue weighted by molar-refractivity contribution is 6.17. The van der Waals surface area contributed by atoms with Crippen molar-refractivity contribution in [3.63, 3.8) is 0 Å². The summed E-state index contributed by atoms with van der Waals surface area (Å²) in [5, 5.41) is 0. The molecule has 0 saturated carbocycles. The van der Waals surface area contributed by atoms with Crippen LogP contribution in [0.3, 0.4) is 0 Å². The number of alkyl halides is 1. The average molecular weight is 365 g/mol. The van der Waals surface area contributed by atoms with Crippen LogP contribution in [0.4, 0.5) is 0 Å². The van der Waals surface area contributed by atoms with Gasteiger partial charge in [0.15, 0.2) is 0 Å². The first kappa shape index (κ1) is 18.2. The molecule has 0 spiro atoms. The number of rotatable bonds is 5. The molecule has 3 rings (SSSR count). The van der Waals surface area contributed by atoms with Crippen LogP contribution in [0.5, 0.6) is 5.75 Å². The minimum Gasteiger partial charge on any atom is -0.423 e. The molecule has 0 unspecified atom stereocenters. The lowest BCUT2D eigenvalue weighted by Gasteiger charge is -2.26. The zero-order chi connectivity index (χ0) is 18.6. The normalized spacial score (nSPS) is 11.2. The van der Waals surface area contributed by atoms with Crippen molar-refractivity contribution in [1.82, 2.24) is 0 Å². The van der Waals surface area contributed by atoms with Gasteiger partial charge in [-0.25, -0.2) is 4.79 Å². The van der Waals surface area contributed by atoms with E-state index in [1.54, 1.807) is 12.1 Å². The van der Waals surface area contributed by atoms with E-state index >= 15 is 0 Å². The first-order chi connectivity index (χ1) is 12.5. The molecule has 0 radical (unpaired) electrons. The van der Waals surface area contributed by atoms with Crippen molar-refractivity contribution < 1.29 is 9.53 Å². The van der Waals surface area contributed by atoms with E-state index in [9.17, 15) is 4.79 Å². The number of carbonyl (C=O) groups excluding carboxylic acids is 1. The molecule has 0 fully saturated rings. The van der Waals surface area contributed by atoms with E-state index in [-0.39, 0.29) is 11.4 Å². The molecule has 0 saturated heterocycles. The van der Waals surface area contributed by atoms with Gasteiger partial charge in [-0.1, -0.05) is 68.4 Å². The average Bonchev–Trinajstić information content (AvgIpc) is 2.69. The number of hydrogen-bond acceptors (Lipinski definition) is 2. The zero-order valence-corrected chi connectivity index (χ0v) is 15.7. The van der Waals surface area contributed by atoms with Gasteiger partial charge in [-0.3, -0.25) is 0 Å². The highest BCUT2D eigenvalue weighted by Crippen LogP contribution is 2.32. The fourth-order valence-corrected chi connectivity index (χ4v) is 3.04. The molecule has 0 aliphatic heterocycles. The van der Waals surface area contributed by atoms with Crippen molar-refractivity contribution >= 4 is 17.6 Å². The molecule has 0 N–H and O–H groups in total. The summed E-state index contributed by atoms with van der Waals surface area (Å²) in [6.07, 6.45) is 0. The van der Waals surface area contributed by atoms with Crippen LogP contribution >= 0.6 is 11.6 Å². The number of ether oxygens (including phenoxy) is 1. The van der Waals surface area contributed by atoms with Crippen LogP contribution in [0.25, 0.3) is 0 Å². The standard InChI is InChI=1S/C23H21ClO2/c1-23(2,19-6-4-3-5-7-19)20-12-14-21(15-13-20)26-22(25)18-10-8-17(16-24)9-11-18/h3-15H,16H2,1-2H3. The van der Waals surface area contributed by atoms with Crippen LogP contribution in [0, 0.1) is 0 Å². The Bertz CT molecular complexity index is 866. The maximum absolute atomic E-state index is 12.3. The fourth-order valence-electron chi connectivity index (χ4n) is 2.86. The Kier molecular flexibility index (Phi) is 5.43. The van der Waals surface area contributed by atoms with Crippen molar-refractivity contribution in [2.45, 2.75) is 25.1 Å². The molecule has 132 valence electrons. The van der Waals surface area contributed by atoms with E-state index in [0.717, 1.165) is 11.1 Å².